The van der Waals surface area contributed by atoms with Gasteiger partial charge in [0.2, 0.25) is 0 Å². The van der Waals surface area contributed by atoms with E-state index < -0.39 is 0 Å². The molecule has 55 heavy (non-hydrogen) atoms. The first-order chi connectivity index (χ1) is 27.2. The second-order valence-electron chi connectivity index (χ2n) is 14.0. The van der Waals surface area contributed by atoms with Crippen molar-refractivity contribution in [1.29, 1.82) is 10.5 Å². The van der Waals surface area contributed by atoms with Gasteiger partial charge in [-0.2, -0.15) is 10.5 Å². The zero-order valence-corrected chi connectivity index (χ0v) is 29.5. The Balaban J connectivity index is 1.21. The summed E-state index contributed by atoms with van der Waals surface area (Å²) in [6.07, 6.45) is 0. The van der Waals surface area contributed by atoms with Gasteiger partial charge in [0.1, 0.15) is 0 Å². The lowest BCUT2D eigenvalue weighted by Crippen LogP contribution is -2.02. The van der Waals surface area contributed by atoms with E-state index >= 15 is 0 Å². The van der Waals surface area contributed by atoms with Gasteiger partial charge in [-0.25, -0.2) is 0 Å². The number of nitrogens with zero attached hydrogens (tertiary/aromatic N) is 5. The lowest BCUT2D eigenvalue weighted by molar-refractivity contribution is 1.15. The standard InChI is InChI=1S/C50H29N5/c51-30-32-21-25-48-41(27-32)38-14-4-9-19-46(38)54(48)49-26-22-33(31-52)28-42(49)39-15-5-10-20-47(39)55-45-18-8-3-13-37(45)40-24-23-34(29-50(40)55)53-43-16-6-1-11-35(43)36-12-2-7-17-44(36)53/h1-29H. The maximum Gasteiger partial charge on any atom is 0.0991 e. The summed E-state index contributed by atoms with van der Waals surface area (Å²) in [5.41, 5.74) is 12.7. The van der Waals surface area contributed by atoms with Crippen LogP contribution in [0.15, 0.2) is 176 Å². The van der Waals surface area contributed by atoms with Gasteiger partial charge in [0.15, 0.2) is 0 Å². The van der Waals surface area contributed by atoms with Crippen LogP contribution in [0.3, 0.4) is 0 Å². The minimum Gasteiger partial charge on any atom is -0.309 e. The minimum absolute atomic E-state index is 0.581. The molecule has 0 N–H and O–H groups in total. The molecule has 11 rings (SSSR count). The lowest BCUT2D eigenvalue weighted by atomic mass is 9.98. The lowest BCUT2D eigenvalue weighted by Gasteiger charge is -2.19. The van der Waals surface area contributed by atoms with Gasteiger partial charge in [-0.3, -0.25) is 0 Å². The maximum atomic E-state index is 10.2. The van der Waals surface area contributed by atoms with Crippen LogP contribution in [0.2, 0.25) is 0 Å². The van der Waals surface area contributed by atoms with Gasteiger partial charge in [-0.05, 0) is 78.9 Å². The van der Waals surface area contributed by atoms with Gasteiger partial charge in [0.25, 0.3) is 0 Å². The van der Waals surface area contributed by atoms with Crippen molar-refractivity contribution >= 4 is 65.4 Å². The van der Waals surface area contributed by atoms with Crippen LogP contribution in [0.4, 0.5) is 0 Å². The van der Waals surface area contributed by atoms with E-state index in [1.807, 2.05) is 42.5 Å². The van der Waals surface area contributed by atoms with E-state index in [1.165, 1.54) is 16.2 Å². The molecule has 0 bridgehead atoms. The number of hydrogen-bond acceptors (Lipinski definition) is 2. The Morgan fingerprint density at radius 1 is 0.309 bits per heavy atom. The molecule has 3 heterocycles. The van der Waals surface area contributed by atoms with Crippen molar-refractivity contribution in [3.63, 3.8) is 0 Å². The zero-order valence-electron chi connectivity index (χ0n) is 29.5. The minimum atomic E-state index is 0.581. The Hall–Kier alpha value is -7.86. The first-order valence-corrected chi connectivity index (χ1v) is 18.3. The number of benzene rings is 8. The first-order valence-electron chi connectivity index (χ1n) is 18.3. The van der Waals surface area contributed by atoms with Gasteiger partial charge in [0.05, 0.1) is 67.7 Å². The van der Waals surface area contributed by atoms with Crippen molar-refractivity contribution in [3.05, 3.63) is 187 Å². The SMILES string of the molecule is N#Cc1ccc(-n2c3ccccc3c3cc(C#N)ccc32)c(-c2ccccc2-n2c3ccccc3c3ccc(-n4c5ccccc5c5ccccc54)cc32)c1. The molecule has 0 radical (unpaired) electrons. The van der Waals surface area contributed by atoms with E-state index in [9.17, 15) is 10.5 Å². The molecule has 0 aliphatic heterocycles. The van der Waals surface area contributed by atoms with Crippen molar-refractivity contribution in [2.45, 2.75) is 0 Å². The largest absolute Gasteiger partial charge is 0.309 e. The summed E-state index contributed by atoms with van der Waals surface area (Å²) in [5, 5.41) is 26.9. The van der Waals surface area contributed by atoms with E-state index in [0.717, 1.165) is 77.4 Å². The number of nitriles is 2. The molecule has 8 aromatic carbocycles. The summed E-state index contributed by atoms with van der Waals surface area (Å²) in [6.45, 7) is 0. The third kappa shape index (κ3) is 4.45. The van der Waals surface area contributed by atoms with E-state index in [2.05, 4.69) is 159 Å². The van der Waals surface area contributed by atoms with Gasteiger partial charge in [0, 0.05) is 49.1 Å². The second kappa shape index (κ2) is 11.8. The van der Waals surface area contributed by atoms with Gasteiger partial charge in [-0.1, -0.05) is 97.1 Å². The summed E-state index contributed by atoms with van der Waals surface area (Å²) in [7, 11) is 0. The highest BCUT2D eigenvalue weighted by Gasteiger charge is 2.22. The van der Waals surface area contributed by atoms with E-state index in [4.69, 9.17) is 0 Å². The molecule has 0 atom stereocenters. The van der Waals surface area contributed by atoms with Crippen molar-refractivity contribution in [2.24, 2.45) is 0 Å². The Kier molecular flexibility index (Phi) is 6.61. The van der Waals surface area contributed by atoms with Gasteiger partial charge < -0.3 is 13.7 Å². The topological polar surface area (TPSA) is 62.4 Å². The van der Waals surface area contributed by atoms with Crippen LogP contribution in [-0.2, 0) is 0 Å². The predicted molar refractivity (Wildman–Crippen MR) is 224 cm³/mol. The molecule has 0 fully saturated rings. The molecular weight excluding hydrogens is 671 g/mol. The van der Waals surface area contributed by atoms with Crippen LogP contribution in [0.5, 0.6) is 0 Å². The zero-order chi connectivity index (χ0) is 36.6. The smallest absolute Gasteiger partial charge is 0.0991 e. The van der Waals surface area contributed by atoms with Crippen LogP contribution in [0.1, 0.15) is 11.1 Å². The van der Waals surface area contributed by atoms with Crippen molar-refractivity contribution in [1.82, 2.24) is 13.7 Å². The van der Waals surface area contributed by atoms with Gasteiger partial charge >= 0.3 is 0 Å². The number of para-hydroxylation sites is 5. The highest BCUT2D eigenvalue weighted by Crippen LogP contribution is 2.42. The maximum absolute atomic E-state index is 10.2. The molecule has 0 saturated heterocycles. The molecule has 254 valence electrons. The Morgan fingerprint density at radius 3 is 1.40 bits per heavy atom. The van der Waals surface area contributed by atoms with Crippen molar-refractivity contribution < 1.29 is 0 Å². The average Bonchev–Trinajstić information content (AvgIpc) is 3.88. The Morgan fingerprint density at radius 2 is 0.764 bits per heavy atom. The molecule has 5 heteroatoms. The quantitative estimate of drug-likeness (QED) is 0.184. The second-order valence-corrected chi connectivity index (χ2v) is 14.0. The van der Waals surface area contributed by atoms with Crippen LogP contribution < -0.4 is 0 Å². The van der Waals surface area contributed by atoms with Crippen LogP contribution in [-0.4, -0.2) is 13.7 Å². The Labute approximate surface area is 316 Å². The number of aromatic nitrogens is 3. The van der Waals surface area contributed by atoms with Crippen LogP contribution in [0, 0.1) is 22.7 Å². The fraction of sp³-hybridized carbons (Fsp3) is 0. The number of hydrogen-bond donors (Lipinski definition) is 0. The van der Waals surface area contributed by atoms with Crippen LogP contribution >= 0.6 is 0 Å². The average molecular weight is 700 g/mol. The molecule has 3 aromatic heterocycles. The third-order valence-electron chi connectivity index (χ3n) is 11.1. The highest BCUT2D eigenvalue weighted by molar-refractivity contribution is 6.13. The predicted octanol–water partition coefficient (Wildman–Crippen LogP) is 12.4. The molecule has 0 amide bonds. The Bertz CT molecular complexity index is 3420. The molecule has 0 saturated carbocycles. The fourth-order valence-corrected chi connectivity index (χ4v) is 8.77. The first kappa shape index (κ1) is 30.7. The molecule has 0 aliphatic rings. The number of rotatable bonds is 4. The molecule has 11 aromatic rings. The summed E-state index contributed by atoms with van der Waals surface area (Å²) in [4.78, 5) is 0. The van der Waals surface area contributed by atoms with E-state index in [0.29, 0.717) is 11.1 Å². The van der Waals surface area contributed by atoms with Crippen LogP contribution in [0.25, 0.3) is 93.6 Å². The molecular formula is C50H29N5. The van der Waals surface area contributed by atoms with Crippen molar-refractivity contribution in [3.8, 4) is 40.3 Å². The summed E-state index contributed by atoms with van der Waals surface area (Å²) >= 11 is 0. The van der Waals surface area contributed by atoms with E-state index in [1.54, 1.807) is 0 Å². The molecule has 0 aliphatic carbocycles. The summed E-state index contributed by atoms with van der Waals surface area (Å²) in [5.74, 6) is 0. The normalized spacial score (nSPS) is 11.6. The van der Waals surface area contributed by atoms with Crippen molar-refractivity contribution in [2.75, 3.05) is 0 Å². The van der Waals surface area contributed by atoms with E-state index in [-0.39, 0.29) is 0 Å². The molecule has 0 unspecified atom stereocenters. The fourth-order valence-electron chi connectivity index (χ4n) is 8.77. The molecule has 0 spiro atoms. The number of fused-ring (bicyclic) bond motifs is 9. The summed E-state index contributed by atoms with van der Waals surface area (Å²) < 4.78 is 7.02. The summed E-state index contributed by atoms with van der Waals surface area (Å²) in [6, 6.07) is 66.0. The molecule has 5 nitrogen and oxygen atoms in total. The highest BCUT2D eigenvalue weighted by atomic mass is 15.0. The monoisotopic (exact) mass is 699 g/mol. The van der Waals surface area contributed by atoms with Gasteiger partial charge in [-0.15, -0.1) is 0 Å². The third-order valence-corrected chi connectivity index (χ3v) is 11.1.